The van der Waals surface area contributed by atoms with E-state index in [2.05, 4.69) is 68.2 Å². The fraction of sp³-hybridized carbons (Fsp3) is 0.429. The zero-order valence-electron chi connectivity index (χ0n) is 9.97. The summed E-state index contributed by atoms with van der Waals surface area (Å²) in [5.74, 6) is 2.71. The zero-order valence-corrected chi connectivity index (χ0v) is 13.1. The zero-order chi connectivity index (χ0) is 12.7. The number of benzene rings is 1. The highest BCUT2D eigenvalue weighted by Gasteiger charge is 2.13. The molecule has 0 fully saturated rings. The molecule has 0 saturated carbocycles. The van der Waals surface area contributed by atoms with Gasteiger partial charge in [0.1, 0.15) is 0 Å². The van der Waals surface area contributed by atoms with Gasteiger partial charge in [0.2, 0.25) is 0 Å². The van der Waals surface area contributed by atoms with Gasteiger partial charge in [0, 0.05) is 21.4 Å². The Labute approximate surface area is 121 Å². The Hall–Kier alpha value is -0.300. The molecule has 1 unspecified atom stereocenters. The molecule has 1 rings (SSSR count). The molecule has 0 aliphatic rings. The van der Waals surface area contributed by atoms with Crippen molar-refractivity contribution in [2.45, 2.75) is 32.2 Å². The standard InChI is InChI=1S/C14H17Br2N/c1-3-5-6-14(17-9-4-2)12-8-7-11(15)10-13(12)16/h1,7-8,10,14,17H,4-6,9H2,2H3. The van der Waals surface area contributed by atoms with E-state index in [-0.39, 0.29) is 0 Å². The summed E-state index contributed by atoms with van der Waals surface area (Å²) < 4.78 is 2.21. The summed E-state index contributed by atoms with van der Waals surface area (Å²) in [5, 5.41) is 3.54. The van der Waals surface area contributed by atoms with E-state index in [9.17, 15) is 0 Å². The average Bonchev–Trinajstić information content (AvgIpc) is 2.30. The van der Waals surface area contributed by atoms with E-state index < -0.39 is 0 Å². The molecular formula is C14H17Br2N. The second-order valence-electron chi connectivity index (χ2n) is 3.92. The minimum atomic E-state index is 0.327. The van der Waals surface area contributed by atoms with Crippen molar-refractivity contribution in [3.05, 3.63) is 32.7 Å². The van der Waals surface area contributed by atoms with E-state index in [4.69, 9.17) is 6.42 Å². The first-order chi connectivity index (χ1) is 8.19. The first kappa shape index (κ1) is 14.8. The van der Waals surface area contributed by atoms with E-state index in [0.29, 0.717) is 6.04 Å². The second kappa shape index (κ2) is 7.92. The van der Waals surface area contributed by atoms with Crippen LogP contribution in [0.2, 0.25) is 0 Å². The third-order valence-corrected chi connectivity index (χ3v) is 3.74. The lowest BCUT2D eigenvalue weighted by Crippen LogP contribution is -2.22. The maximum absolute atomic E-state index is 5.35. The molecule has 0 aliphatic heterocycles. The number of nitrogens with one attached hydrogen (secondary N) is 1. The van der Waals surface area contributed by atoms with Crippen LogP contribution < -0.4 is 5.32 Å². The van der Waals surface area contributed by atoms with E-state index >= 15 is 0 Å². The van der Waals surface area contributed by atoms with Gasteiger partial charge in [-0.2, -0.15) is 0 Å². The molecule has 3 heteroatoms. The Balaban J connectivity index is 2.83. The fourth-order valence-electron chi connectivity index (χ4n) is 1.70. The highest BCUT2D eigenvalue weighted by Crippen LogP contribution is 2.29. The summed E-state index contributed by atoms with van der Waals surface area (Å²) in [6.07, 6.45) is 8.24. The van der Waals surface area contributed by atoms with Gasteiger partial charge in [0.05, 0.1) is 0 Å². The third kappa shape index (κ3) is 4.83. The van der Waals surface area contributed by atoms with Crippen molar-refractivity contribution in [1.82, 2.24) is 5.32 Å². The van der Waals surface area contributed by atoms with Crippen LogP contribution in [0.4, 0.5) is 0 Å². The lowest BCUT2D eigenvalue weighted by atomic mass is 10.0. The van der Waals surface area contributed by atoms with Gasteiger partial charge in [-0.1, -0.05) is 44.8 Å². The number of hydrogen-bond donors (Lipinski definition) is 1. The molecule has 92 valence electrons. The molecular weight excluding hydrogens is 342 g/mol. The maximum atomic E-state index is 5.35. The first-order valence-electron chi connectivity index (χ1n) is 5.80. The van der Waals surface area contributed by atoms with Crippen LogP contribution >= 0.6 is 31.9 Å². The second-order valence-corrected chi connectivity index (χ2v) is 5.69. The molecule has 0 saturated heterocycles. The summed E-state index contributed by atoms with van der Waals surface area (Å²) in [5.41, 5.74) is 1.27. The Morgan fingerprint density at radius 1 is 1.41 bits per heavy atom. The van der Waals surface area contributed by atoms with Gasteiger partial charge in [-0.05, 0) is 37.1 Å². The highest BCUT2D eigenvalue weighted by molar-refractivity contribution is 9.11. The summed E-state index contributed by atoms with van der Waals surface area (Å²) in [6, 6.07) is 6.61. The van der Waals surface area contributed by atoms with Gasteiger partial charge < -0.3 is 5.32 Å². The molecule has 1 N–H and O–H groups in total. The number of halogens is 2. The van der Waals surface area contributed by atoms with E-state index in [1.165, 1.54) is 5.56 Å². The van der Waals surface area contributed by atoms with Crippen molar-refractivity contribution in [3.63, 3.8) is 0 Å². The van der Waals surface area contributed by atoms with Crippen molar-refractivity contribution in [3.8, 4) is 12.3 Å². The smallest absolute Gasteiger partial charge is 0.0340 e. The molecule has 1 aromatic rings. The normalized spacial score (nSPS) is 12.1. The van der Waals surface area contributed by atoms with Crippen molar-refractivity contribution in [1.29, 1.82) is 0 Å². The number of rotatable bonds is 6. The Morgan fingerprint density at radius 3 is 2.76 bits per heavy atom. The van der Waals surface area contributed by atoms with Crippen molar-refractivity contribution < 1.29 is 0 Å². The van der Waals surface area contributed by atoms with Crippen LogP contribution in [0, 0.1) is 12.3 Å². The molecule has 0 spiro atoms. The summed E-state index contributed by atoms with van der Waals surface area (Å²) in [4.78, 5) is 0. The molecule has 17 heavy (non-hydrogen) atoms. The largest absolute Gasteiger partial charge is 0.310 e. The SMILES string of the molecule is C#CCCC(NCCC)c1ccc(Br)cc1Br. The quantitative estimate of drug-likeness (QED) is 0.729. The third-order valence-electron chi connectivity index (χ3n) is 2.56. The van der Waals surface area contributed by atoms with Crippen LogP contribution in [0.15, 0.2) is 27.1 Å². The molecule has 0 aromatic heterocycles. The molecule has 0 radical (unpaired) electrons. The van der Waals surface area contributed by atoms with Crippen LogP contribution in [0.3, 0.4) is 0 Å². The molecule has 1 nitrogen and oxygen atoms in total. The Bertz CT molecular complexity index is 396. The lowest BCUT2D eigenvalue weighted by molar-refractivity contribution is 0.504. The van der Waals surface area contributed by atoms with Crippen LogP contribution in [-0.4, -0.2) is 6.54 Å². The van der Waals surface area contributed by atoms with Crippen LogP contribution in [0.1, 0.15) is 37.8 Å². The van der Waals surface area contributed by atoms with Gasteiger partial charge in [-0.3, -0.25) is 0 Å². The molecule has 0 heterocycles. The minimum Gasteiger partial charge on any atom is -0.310 e. The first-order valence-corrected chi connectivity index (χ1v) is 7.39. The van der Waals surface area contributed by atoms with Gasteiger partial charge in [-0.25, -0.2) is 0 Å². The Kier molecular flexibility index (Phi) is 6.87. The van der Waals surface area contributed by atoms with Gasteiger partial charge in [-0.15, -0.1) is 12.3 Å². The van der Waals surface area contributed by atoms with Gasteiger partial charge in [0.15, 0.2) is 0 Å². The van der Waals surface area contributed by atoms with E-state index in [0.717, 1.165) is 34.8 Å². The van der Waals surface area contributed by atoms with Crippen molar-refractivity contribution in [2.75, 3.05) is 6.54 Å². The van der Waals surface area contributed by atoms with Crippen LogP contribution in [-0.2, 0) is 0 Å². The van der Waals surface area contributed by atoms with Gasteiger partial charge in [0.25, 0.3) is 0 Å². The highest BCUT2D eigenvalue weighted by atomic mass is 79.9. The topological polar surface area (TPSA) is 12.0 Å². The molecule has 0 aliphatic carbocycles. The van der Waals surface area contributed by atoms with Crippen molar-refractivity contribution >= 4 is 31.9 Å². The summed E-state index contributed by atoms with van der Waals surface area (Å²) in [6.45, 7) is 3.18. The van der Waals surface area contributed by atoms with Crippen LogP contribution in [0.25, 0.3) is 0 Å². The fourth-order valence-corrected chi connectivity index (χ4v) is 3.02. The number of terminal acetylenes is 1. The lowest BCUT2D eigenvalue weighted by Gasteiger charge is -2.19. The minimum absolute atomic E-state index is 0.327. The monoisotopic (exact) mass is 357 g/mol. The molecule has 1 atom stereocenters. The summed E-state index contributed by atoms with van der Waals surface area (Å²) in [7, 11) is 0. The Morgan fingerprint density at radius 2 is 2.18 bits per heavy atom. The molecule has 1 aromatic carbocycles. The maximum Gasteiger partial charge on any atom is 0.0340 e. The van der Waals surface area contributed by atoms with Crippen molar-refractivity contribution in [2.24, 2.45) is 0 Å². The van der Waals surface area contributed by atoms with Crippen LogP contribution in [0.5, 0.6) is 0 Å². The molecule has 0 bridgehead atoms. The molecule has 0 amide bonds. The predicted molar refractivity (Wildman–Crippen MR) is 80.9 cm³/mol. The van der Waals surface area contributed by atoms with Gasteiger partial charge >= 0.3 is 0 Å². The van der Waals surface area contributed by atoms with E-state index in [1.54, 1.807) is 0 Å². The summed E-state index contributed by atoms with van der Waals surface area (Å²) >= 11 is 7.08. The predicted octanol–water partition coefficient (Wildman–Crippen LogP) is 4.67. The van der Waals surface area contributed by atoms with E-state index in [1.807, 2.05) is 0 Å². The number of hydrogen-bond acceptors (Lipinski definition) is 1. The average molecular weight is 359 g/mol.